The molecule has 1 aromatic carbocycles. The first-order valence-corrected chi connectivity index (χ1v) is 6.21. The van der Waals surface area contributed by atoms with E-state index in [2.05, 4.69) is 5.10 Å². The van der Waals surface area contributed by atoms with Crippen LogP contribution >= 0.6 is 0 Å². The van der Waals surface area contributed by atoms with Gasteiger partial charge >= 0.3 is 5.97 Å². The molecule has 0 spiro atoms. The third-order valence-corrected chi connectivity index (χ3v) is 3.14. The molecule has 0 bridgehead atoms. The molecule has 0 aliphatic rings. The van der Waals surface area contributed by atoms with Crippen molar-refractivity contribution in [2.75, 3.05) is 0 Å². The zero-order valence-corrected chi connectivity index (χ0v) is 11.1. The second kappa shape index (κ2) is 5.40. The first kappa shape index (κ1) is 14.2. The molecule has 106 valence electrons. The fraction of sp³-hybridized carbons (Fsp3) is 0.286. The van der Waals surface area contributed by atoms with Gasteiger partial charge in [-0.2, -0.15) is 5.10 Å². The van der Waals surface area contributed by atoms with Crippen molar-refractivity contribution < 1.29 is 18.7 Å². The van der Waals surface area contributed by atoms with Crippen molar-refractivity contribution >= 4 is 5.97 Å². The number of aromatic carboxylic acids is 1. The van der Waals surface area contributed by atoms with E-state index < -0.39 is 17.6 Å². The van der Waals surface area contributed by atoms with Crippen molar-refractivity contribution in [3.8, 4) is 11.3 Å². The predicted molar refractivity (Wildman–Crippen MR) is 69.5 cm³/mol. The van der Waals surface area contributed by atoms with E-state index in [1.54, 1.807) is 0 Å². The van der Waals surface area contributed by atoms with Gasteiger partial charge in [-0.3, -0.25) is 4.68 Å². The zero-order chi connectivity index (χ0) is 14.9. The highest BCUT2D eigenvalue weighted by Gasteiger charge is 2.19. The number of halogens is 2. The minimum Gasteiger partial charge on any atom is -0.478 e. The number of aromatic nitrogens is 2. The quantitative estimate of drug-likeness (QED) is 0.932. The summed E-state index contributed by atoms with van der Waals surface area (Å²) in [5, 5.41) is 13.3. The second-order valence-corrected chi connectivity index (χ2v) is 4.59. The van der Waals surface area contributed by atoms with Crippen LogP contribution in [-0.4, -0.2) is 20.9 Å². The third-order valence-electron chi connectivity index (χ3n) is 3.14. The van der Waals surface area contributed by atoms with Crippen molar-refractivity contribution in [3.05, 3.63) is 41.6 Å². The van der Waals surface area contributed by atoms with Gasteiger partial charge in [0.25, 0.3) is 0 Å². The van der Waals surface area contributed by atoms with Crippen molar-refractivity contribution in [3.63, 3.8) is 0 Å². The fourth-order valence-electron chi connectivity index (χ4n) is 1.86. The van der Waals surface area contributed by atoms with E-state index in [1.807, 2.05) is 13.8 Å². The molecule has 0 aliphatic heterocycles. The Morgan fingerprint density at radius 1 is 1.35 bits per heavy atom. The predicted octanol–water partition coefficient (Wildman–Crippen LogP) is 3.50. The van der Waals surface area contributed by atoms with Crippen molar-refractivity contribution in [1.82, 2.24) is 9.78 Å². The van der Waals surface area contributed by atoms with Crippen molar-refractivity contribution in [2.24, 2.45) is 0 Å². The van der Waals surface area contributed by atoms with E-state index in [4.69, 9.17) is 0 Å². The molecule has 1 atom stereocenters. The summed E-state index contributed by atoms with van der Waals surface area (Å²) in [4.78, 5) is 11.2. The highest BCUT2D eigenvalue weighted by molar-refractivity contribution is 5.94. The first-order valence-electron chi connectivity index (χ1n) is 6.21. The molecule has 2 rings (SSSR count). The van der Waals surface area contributed by atoms with Crippen LogP contribution in [0.3, 0.4) is 0 Å². The standard InChI is InChI=1S/C14H14F2N2O2/c1-3-8(2)18-7-12(14(19)20)13(17-18)9-4-10(15)6-11(16)5-9/h4-8H,3H2,1-2H3,(H,19,20). The van der Waals surface area contributed by atoms with E-state index >= 15 is 0 Å². The summed E-state index contributed by atoms with van der Waals surface area (Å²) in [6.07, 6.45) is 2.15. The monoisotopic (exact) mass is 280 g/mol. The SMILES string of the molecule is CCC(C)n1cc(C(=O)O)c(-c2cc(F)cc(F)c2)n1. The van der Waals surface area contributed by atoms with Crippen molar-refractivity contribution in [2.45, 2.75) is 26.3 Å². The summed E-state index contributed by atoms with van der Waals surface area (Å²) < 4.78 is 28.0. The van der Waals surface area contributed by atoms with Gasteiger partial charge < -0.3 is 5.11 Å². The number of benzene rings is 1. The number of hydrogen-bond acceptors (Lipinski definition) is 2. The van der Waals surface area contributed by atoms with Crippen LogP contribution in [0.5, 0.6) is 0 Å². The molecule has 1 unspecified atom stereocenters. The van der Waals surface area contributed by atoms with Crippen LogP contribution in [0.4, 0.5) is 8.78 Å². The number of hydrogen-bond donors (Lipinski definition) is 1. The minimum atomic E-state index is -1.18. The topological polar surface area (TPSA) is 55.1 Å². The lowest BCUT2D eigenvalue weighted by Gasteiger charge is -2.07. The fourth-order valence-corrected chi connectivity index (χ4v) is 1.86. The van der Waals surface area contributed by atoms with Gasteiger partial charge in [-0.05, 0) is 25.5 Å². The van der Waals surface area contributed by atoms with E-state index in [0.717, 1.165) is 24.6 Å². The maximum Gasteiger partial charge on any atom is 0.339 e. The Bertz CT molecular complexity index is 632. The van der Waals surface area contributed by atoms with E-state index in [-0.39, 0.29) is 22.9 Å². The van der Waals surface area contributed by atoms with E-state index in [0.29, 0.717) is 0 Å². The Balaban J connectivity index is 2.59. The Hall–Kier alpha value is -2.24. The zero-order valence-electron chi connectivity index (χ0n) is 11.1. The molecule has 1 heterocycles. The molecule has 20 heavy (non-hydrogen) atoms. The molecule has 0 saturated heterocycles. The molecule has 2 aromatic rings. The number of carboxylic acids is 1. The molecule has 0 radical (unpaired) electrons. The summed E-state index contributed by atoms with van der Waals surface area (Å²) in [7, 11) is 0. The third kappa shape index (κ3) is 2.68. The number of rotatable bonds is 4. The van der Waals surface area contributed by atoms with Crippen LogP contribution in [0.15, 0.2) is 24.4 Å². The maximum atomic E-state index is 13.3. The van der Waals surface area contributed by atoms with E-state index in [9.17, 15) is 18.7 Å². The molecule has 0 aliphatic carbocycles. The van der Waals surface area contributed by atoms with Crippen molar-refractivity contribution in [1.29, 1.82) is 0 Å². The first-order chi connectivity index (χ1) is 9.42. The molecule has 4 nitrogen and oxygen atoms in total. The van der Waals surface area contributed by atoms with Gasteiger partial charge in [0.05, 0.1) is 0 Å². The van der Waals surface area contributed by atoms with Crippen LogP contribution in [0.1, 0.15) is 36.7 Å². The van der Waals surface area contributed by atoms with Gasteiger partial charge in [-0.25, -0.2) is 13.6 Å². The lowest BCUT2D eigenvalue weighted by Crippen LogP contribution is -2.04. The van der Waals surface area contributed by atoms with Gasteiger partial charge in [-0.15, -0.1) is 0 Å². The average molecular weight is 280 g/mol. The minimum absolute atomic E-state index is 0.000237. The maximum absolute atomic E-state index is 13.3. The van der Waals surface area contributed by atoms with Crippen LogP contribution in [0.25, 0.3) is 11.3 Å². The summed E-state index contributed by atoms with van der Waals surface area (Å²) >= 11 is 0. The summed E-state index contributed by atoms with van der Waals surface area (Å²) in [5.74, 6) is -2.72. The Morgan fingerprint density at radius 3 is 2.45 bits per heavy atom. The molecule has 1 N–H and O–H groups in total. The van der Waals surface area contributed by atoms with Gasteiger partial charge in [0.15, 0.2) is 0 Å². The van der Waals surface area contributed by atoms with Gasteiger partial charge in [0.2, 0.25) is 0 Å². The normalized spacial score (nSPS) is 12.4. The molecule has 0 amide bonds. The average Bonchev–Trinajstić information content (AvgIpc) is 2.81. The smallest absolute Gasteiger partial charge is 0.339 e. The van der Waals surface area contributed by atoms with Gasteiger partial charge in [0.1, 0.15) is 22.9 Å². The largest absolute Gasteiger partial charge is 0.478 e. The van der Waals surface area contributed by atoms with Gasteiger partial charge in [0, 0.05) is 23.9 Å². The molecule has 0 fully saturated rings. The highest BCUT2D eigenvalue weighted by atomic mass is 19.1. The molecule has 0 saturated carbocycles. The number of nitrogens with zero attached hydrogens (tertiary/aromatic N) is 2. The van der Waals surface area contributed by atoms with Crippen LogP contribution in [0.2, 0.25) is 0 Å². The molecule has 6 heteroatoms. The second-order valence-electron chi connectivity index (χ2n) is 4.59. The van der Waals surface area contributed by atoms with Crippen LogP contribution in [-0.2, 0) is 0 Å². The lowest BCUT2D eigenvalue weighted by molar-refractivity contribution is 0.0697. The number of carboxylic acid groups (broad SMARTS) is 1. The summed E-state index contributed by atoms with van der Waals surface area (Å²) in [5.41, 5.74) is 0.105. The Morgan fingerprint density at radius 2 is 1.95 bits per heavy atom. The Labute approximate surface area is 114 Å². The molecular weight excluding hydrogens is 266 g/mol. The molecular formula is C14H14F2N2O2. The number of carbonyl (C=O) groups is 1. The van der Waals surface area contributed by atoms with Crippen LogP contribution in [0, 0.1) is 11.6 Å². The molecule has 1 aromatic heterocycles. The Kier molecular flexibility index (Phi) is 3.83. The van der Waals surface area contributed by atoms with Gasteiger partial charge in [-0.1, -0.05) is 6.92 Å². The highest BCUT2D eigenvalue weighted by Crippen LogP contribution is 2.25. The van der Waals surface area contributed by atoms with E-state index in [1.165, 1.54) is 10.9 Å². The van der Waals surface area contributed by atoms with Crippen LogP contribution < -0.4 is 0 Å². The summed E-state index contributed by atoms with van der Waals surface area (Å²) in [6, 6.07) is 2.87. The summed E-state index contributed by atoms with van der Waals surface area (Å²) in [6.45, 7) is 3.82. The lowest BCUT2D eigenvalue weighted by atomic mass is 10.1.